The Hall–Kier alpha value is -3.07. The van der Waals surface area contributed by atoms with Crippen LogP contribution in [0.3, 0.4) is 0 Å². The van der Waals surface area contributed by atoms with Gasteiger partial charge in [-0.3, -0.25) is 14.4 Å². The molecule has 2 atom stereocenters. The Morgan fingerprint density at radius 3 is 2.53 bits per heavy atom. The number of methoxy groups -OCH3 is 1. The molecule has 1 aromatic heterocycles. The SMILES string of the molecule is CNCC(=O)NC(C(=O)N1CCN(C(=O)c2cc3ccc(OC)cc3n2C)[C@@H](C)C1)C1CCCCC1. The van der Waals surface area contributed by atoms with Crippen LogP contribution < -0.4 is 15.4 Å². The van der Waals surface area contributed by atoms with Crippen LogP contribution in [-0.4, -0.2) is 84.5 Å². The van der Waals surface area contributed by atoms with Gasteiger partial charge in [-0.05, 0) is 50.9 Å². The molecule has 2 aromatic rings. The Morgan fingerprint density at radius 2 is 1.86 bits per heavy atom. The molecule has 1 unspecified atom stereocenters. The number of nitrogens with one attached hydrogen (secondary N) is 2. The molecule has 2 N–H and O–H groups in total. The van der Waals surface area contributed by atoms with E-state index in [0.717, 1.165) is 42.3 Å². The van der Waals surface area contributed by atoms with Crippen molar-refractivity contribution in [2.75, 3.05) is 40.3 Å². The molecule has 36 heavy (non-hydrogen) atoms. The standard InChI is InChI=1S/C27H39N5O4/c1-18-17-31(27(35)25(29-24(33)16-28-2)19-8-6-5-7-9-19)12-13-32(18)26(34)23-14-20-10-11-21(36-4)15-22(20)30(23)3/h10-11,14-15,18-19,25,28H,5-9,12-13,16-17H2,1-4H3,(H,29,33)/t18-,25?/m0/s1. The van der Waals surface area contributed by atoms with Gasteiger partial charge >= 0.3 is 0 Å². The van der Waals surface area contributed by atoms with Crippen LogP contribution >= 0.6 is 0 Å². The van der Waals surface area contributed by atoms with Gasteiger partial charge in [0.2, 0.25) is 11.8 Å². The molecule has 2 fully saturated rings. The highest BCUT2D eigenvalue weighted by molar-refractivity contribution is 5.99. The molecule has 0 bridgehead atoms. The molecule has 2 heterocycles. The van der Waals surface area contributed by atoms with E-state index in [1.165, 1.54) is 6.42 Å². The van der Waals surface area contributed by atoms with Crippen molar-refractivity contribution >= 4 is 28.6 Å². The molecule has 1 aromatic carbocycles. The summed E-state index contributed by atoms with van der Waals surface area (Å²) in [4.78, 5) is 43.2. The lowest BCUT2D eigenvalue weighted by atomic mass is 9.83. The number of fused-ring (bicyclic) bond motifs is 1. The summed E-state index contributed by atoms with van der Waals surface area (Å²) in [6, 6.07) is 7.05. The Bertz CT molecular complexity index is 1110. The van der Waals surface area contributed by atoms with Crippen molar-refractivity contribution in [3.8, 4) is 5.75 Å². The van der Waals surface area contributed by atoms with E-state index in [9.17, 15) is 14.4 Å². The Balaban J connectivity index is 1.47. The normalized spacial score (nSPS) is 19.8. The van der Waals surface area contributed by atoms with E-state index < -0.39 is 6.04 Å². The largest absolute Gasteiger partial charge is 0.497 e. The topological polar surface area (TPSA) is 95.9 Å². The number of hydrogen-bond acceptors (Lipinski definition) is 5. The van der Waals surface area contributed by atoms with E-state index in [-0.39, 0.29) is 36.2 Å². The zero-order chi connectivity index (χ0) is 25.8. The number of rotatable bonds is 7. The second kappa shape index (κ2) is 11.3. The summed E-state index contributed by atoms with van der Waals surface area (Å²) in [6.45, 7) is 3.54. The summed E-state index contributed by atoms with van der Waals surface area (Å²) in [5, 5.41) is 6.85. The monoisotopic (exact) mass is 497 g/mol. The average Bonchev–Trinajstić information content (AvgIpc) is 3.22. The van der Waals surface area contributed by atoms with Gasteiger partial charge in [0.25, 0.3) is 5.91 Å². The van der Waals surface area contributed by atoms with Gasteiger partial charge in [0, 0.05) is 44.2 Å². The minimum atomic E-state index is -0.506. The van der Waals surface area contributed by atoms with Crippen LogP contribution in [0.25, 0.3) is 10.9 Å². The molecule has 4 rings (SSSR count). The third-order valence-electron chi connectivity index (χ3n) is 7.71. The zero-order valence-corrected chi connectivity index (χ0v) is 21.9. The molecule has 0 spiro atoms. The minimum absolute atomic E-state index is 0.0259. The maximum Gasteiger partial charge on any atom is 0.270 e. The number of piperazine rings is 1. The molecule has 9 heteroatoms. The van der Waals surface area contributed by atoms with Crippen LogP contribution in [0.1, 0.15) is 49.5 Å². The van der Waals surface area contributed by atoms with Crippen molar-refractivity contribution in [3.05, 3.63) is 30.0 Å². The highest BCUT2D eigenvalue weighted by Gasteiger charge is 2.37. The molecule has 0 radical (unpaired) electrons. The van der Waals surface area contributed by atoms with Crippen molar-refractivity contribution in [2.24, 2.45) is 13.0 Å². The third kappa shape index (κ3) is 5.36. The van der Waals surface area contributed by atoms with Crippen molar-refractivity contribution < 1.29 is 19.1 Å². The number of carbonyl (C=O) groups excluding carboxylic acids is 3. The van der Waals surface area contributed by atoms with Crippen LogP contribution in [0.4, 0.5) is 0 Å². The molecule has 1 aliphatic heterocycles. The number of benzene rings is 1. The van der Waals surface area contributed by atoms with Gasteiger partial charge in [0.15, 0.2) is 0 Å². The van der Waals surface area contributed by atoms with Gasteiger partial charge in [0.05, 0.1) is 19.2 Å². The molecular formula is C27H39N5O4. The fraction of sp³-hybridized carbons (Fsp3) is 0.593. The van der Waals surface area contributed by atoms with E-state index in [0.29, 0.717) is 25.3 Å². The minimum Gasteiger partial charge on any atom is -0.497 e. The predicted octanol–water partition coefficient (Wildman–Crippen LogP) is 2.14. The maximum atomic E-state index is 13.6. The van der Waals surface area contributed by atoms with Crippen molar-refractivity contribution in [3.63, 3.8) is 0 Å². The van der Waals surface area contributed by atoms with E-state index in [1.807, 2.05) is 52.6 Å². The highest BCUT2D eigenvalue weighted by Crippen LogP contribution is 2.29. The summed E-state index contributed by atoms with van der Waals surface area (Å²) in [7, 11) is 5.24. The smallest absolute Gasteiger partial charge is 0.270 e. The average molecular weight is 498 g/mol. The number of carbonyl (C=O) groups is 3. The summed E-state index contributed by atoms with van der Waals surface area (Å²) >= 11 is 0. The molecule has 1 saturated heterocycles. The van der Waals surface area contributed by atoms with Gasteiger partial charge < -0.3 is 29.7 Å². The highest BCUT2D eigenvalue weighted by atomic mass is 16.5. The van der Waals surface area contributed by atoms with Crippen LogP contribution in [0.5, 0.6) is 5.75 Å². The van der Waals surface area contributed by atoms with Crippen molar-refractivity contribution in [1.29, 1.82) is 0 Å². The lowest BCUT2D eigenvalue weighted by Gasteiger charge is -2.42. The molecule has 2 aliphatic rings. The molecule has 196 valence electrons. The van der Waals surface area contributed by atoms with Gasteiger partial charge in [-0.25, -0.2) is 0 Å². The number of aryl methyl sites for hydroxylation is 1. The van der Waals surface area contributed by atoms with E-state index in [2.05, 4.69) is 10.6 Å². The van der Waals surface area contributed by atoms with Crippen LogP contribution in [-0.2, 0) is 16.6 Å². The summed E-state index contributed by atoms with van der Waals surface area (Å²) in [5.41, 5.74) is 1.55. The second-order valence-electron chi connectivity index (χ2n) is 10.1. The van der Waals surface area contributed by atoms with Crippen molar-refractivity contribution in [2.45, 2.75) is 51.1 Å². The van der Waals surface area contributed by atoms with Crippen LogP contribution in [0, 0.1) is 5.92 Å². The Kier molecular flexibility index (Phi) is 8.18. The van der Waals surface area contributed by atoms with Crippen LogP contribution in [0.2, 0.25) is 0 Å². The molecule has 9 nitrogen and oxygen atoms in total. The number of likely N-dealkylation sites (N-methyl/N-ethyl adjacent to an activating group) is 1. The Morgan fingerprint density at radius 1 is 1.11 bits per heavy atom. The van der Waals surface area contributed by atoms with Gasteiger partial charge in [-0.15, -0.1) is 0 Å². The lowest BCUT2D eigenvalue weighted by molar-refractivity contribution is -0.140. The Labute approximate surface area is 213 Å². The predicted molar refractivity (Wildman–Crippen MR) is 139 cm³/mol. The first kappa shape index (κ1) is 26.0. The third-order valence-corrected chi connectivity index (χ3v) is 7.71. The number of nitrogens with zero attached hydrogens (tertiary/aromatic N) is 3. The van der Waals surface area contributed by atoms with Crippen LogP contribution in [0.15, 0.2) is 24.3 Å². The number of aromatic nitrogens is 1. The van der Waals surface area contributed by atoms with E-state index >= 15 is 0 Å². The first-order chi connectivity index (χ1) is 17.3. The molecule has 1 aliphatic carbocycles. The molecular weight excluding hydrogens is 458 g/mol. The molecule has 3 amide bonds. The fourth-order valence-electron chi connectivity index (χ4n) is 5.68. The van der Waals surface area contributed by atoms with E-state index in [4.69, 9.17) is 4.74 Å². The first-order valence-electron chi connectivity index (χ1n) is 13.0. The summed E-state index contributed by atoms with van der Waals surface area (Å²) in [5.74, 6) is 0.684. The molecule has 1 saturated carbocycles. The van der Waals surface area contributed by atoms with Gasteiger partial charge in [0.1, 0.15) is 17.5 Å². The number of ether oxygens (including phenoxy) is 1. The fourth-order valence-corrected chi connectivity index (χ4v) is 5.68. The summed E-state index contributed by atoms with van der Waals surface area (Å²) in [6.07, 6.45) is 5.27. The number of hydrogen-bond donors (Lipinski definition) is 2. The quantitative estimate of drug-likeness (QED) is 0.611. The van der Waals surface area contributed by atoms with Crippen molar-refractivity contribution in [1.82, 2.24) is 25.0 Å². The van der Waals surface area contributed by atoms with Gasteiger partial charge in [-0.2, -0.15) is 0 Å². The van der Waals surface area contributed by atoms with E-state index in [1.54, 1.807) is 14.2 Å². The van der Waals surface area contributed by atoms with Gasteiger partial charge in [-0.1, -0.05) is 19.3 Å². The lowest BCUT2D eigenvalue weighted by Crippen LogP contribution is -2.60. The number of amides is 3. The summed E-state index contributed by atoms with van der Waals surface area (Å²) < 4.78 is 7.24. The maximum absolute atomic E-state index is 13.6. The second-order valence-corrected chi connectivity index (χ2v) is 10.1. The first-order valence-corrected chi connectivity index (χ1v) is 13.0. The zero-order valence-electron chi connectivity index (χ0n) is 21.9.